The Hall–Kier alpha value is -2.23. The van der Waals surface area contributed by atoms with E-state index in [1.807, 2.05) is 13.8 Å². The molecule has 0 aromatic carbocycles. The number of hydrogen-bond donors (Lipinski definition) is 1. The van der Waals surface area contributed by atoms with Crippen molar-refractivity contribution in [2.24, 2.45) is 11.8 Å². The van der Waals surface area contributed by atoms with Crippen molar-refractivity contribution in [2.45, 2.75) is 58.8 Å². The molecule has 3 unspecified atom stereocenters. The van der Waals surface area contributed by atoms with Crippen LogP contribution in [0.2, 0.25) is 0 Å². The van der Waals surface area contributed by atoms with Crippen LogP contribution in [0.1, 0.15) is 41.0 Å². The van der Waals surface area contributed by atoms with Gasteiger partial charge in [-0.15, -0.1) is 0 Å². The highest BCUT2D eigenvalue weighted by Gasteiger charge is 2.53. The summed E-state index contributed by atoms with van der Waals surface area (Å²) in [5, 5.41) is 8.63. The molecule has 0 bridgehead atoms. The van der Waals surface area contributed by atoms with Crippen LogP contribution in [0.4, 0.5) is 4.79 Å². The van der Waals surface area contributed by atoms with Crippen molar-refractivity contribution in [1.29, 1.82) is 0 Å². The van der Waals surface area contributed by atoms with Crippen LogP contribution in [-0.4, -0.2) is 78.6 Å². The van der Waals surface area contributed by atoms with E-state index in [9.17, 15) is 14.4 Å². The van der Waals surface area contributed by atoms with Crippen LogP contribution in [0.15, 0.2) is 24.0 Å². The van der Waals surface area contributed by atoms with Gasteiger partial charge in [-0.25, -0.2) is 9.69 Å². The van der Waals surface area contributed by atoms with Crippen LogP contribution in [0.3, 0.4) is 0 Å². The van der Waals surface area contributed by atoms with Gasteiger partial charge in [0.15, 0.2) is 11.9 Å². The summed E-state index contributed by atoms with van der Waals surface area (Å²) in [6.07, 6.45) is 3.57. The number of aliphatic hydroxyl groups excluding tert-OH is 1. The number of imide groups is 1. The van der Waals surface area contributed by atoms with E-state index >= 15 is 0 Å². The Bertz CT molecular complexity index is 742. The molecule has 0 aliphatic carbocycles. The maximum atomic E-state index is 13.2. The average Bonchev–Trinajstić information content (AvgIpc) is 2.98. The van der Waals surface area contributed by atoms with Gasteiger partial charge in [0.25, 0.3) is 0 Å². The number of ketones is 1. The van der Waals surface area contributed by atoms with E-state index in [4.69, 9.17) is 24.1 Å². The van der Waals surface area contributed by atoms with Gasteiger partial charge in [0.1, 0.15) is 11.4 Å². The van der Waals surface area contributed by atoms with Gasteiger partial charge >= 0.3 is 6.09 Å². The highest BCUT2D eigenvalue weighted by atomic mass is 16.6. The molecule has 9 nitrogen and oxygen atoms in total. The first-order valence-electron chi connectivity index (χ1n) is 11.0. The van der Waals surface area contributed by atoms with Gasteiger partial charge in [-0.3, -0.25) is 9.59 Å². The van der Waals surface area contributed by atoms with Gasteiger partial charge in [0.05, 0.1) is 45.0 Å². The van der Waals surface area contributed by atoms with Gasteiger partial charge in [-0.2, -0.15) is 0 Å². The number of nitrogens with zero attached hydrogens (tertiary/aromatic N) is 1. The topological polar surface area (TPSA) is 112 Å². The van der Waals surface area contributed by atoms with Crippen molar-refractivity contribution >= 4 is 17.8 Å². The van der Waals surface area contributed by atoms with E-state index in [2.05, 4.69) is 0 Å². The molecule has 0 aromatic rings. The molecule has 0 saturated carbocycles. The average molecular weight is 454 g/mol. The fraction of sp³-hybridized carbons (Fsp3) is 0.696. The molecule has 1 fully saturated rings. The SMILES string of the molecule is CC(C)C1N(C(=O)C(C)C2OC(=CCCOCCOCCO)C=CC2=O)C(=O)OC1(C)C. The molecule has 2 heterocycles. The molecule has 0 radical (unpaired) electrons. The number of amides is 2. The van der Waals surface area contributed by atoms with Crippen LogP contribution < -0.4 is 0 Å². The van der Waals surface area contributed by atoms with Crippen molar-refractivity contribution < 1.29 is 38.4 Å². The fourth-order valence-corrected chi connectivity index (χ4v) is 4.07. The summed E-state index contributed by atoms with van der Waals surface area (Å²) in [5.41, 5.74) is -0.813. The molecule has 0 aromatic heterocycles. The number of rotatable bonds is 11. The van der Waals surface area contributed by atoms with E-state index in [0.29, 0.717) is 32.0 Å². The number of allylic oxidation sites excluding steroid dienone is 1. The molecule has 9 heteroatoms. The maximum Gasteiger partial charge on any atom is 0.417 e. The Morgan fingerprint density at radius 1 is 1.16 bits per heavy atom. The first kappa shape index (κ1) is 26.0. The van der Waals surface area contributed by atoms with Crippen LogP contribution in [-0.2, 0) is 28.5 Å². The lowest BCUT2D eigenvalue weighted by molar-refractivity contribution is -0.143. The number of carbonyl (C=O) groups is 3. The van der Waals surface area contributed by atoms with E-state index in [1.54, 1.807) is 32.9 Å². The Morgan fingerprint density at radius 3 is 2.44 bits per heavy atom. The third kappa shape index (κ3) is 6.40. The second-order valence-electron chi connectivity index (χ2n) is 8.77. The summed E-state index contributed by atoms with van der Waals surface area (Å²) in [6, 6.07) is -0.437. The molecule has 1 saturated heterocycles. The number of hydrogen-bond acceptors (Lipinski definition) is 8. The van der Waals surface area contributed by atoms with Crippen molar-refractivity contribution in [1.82, 2.24) is 4.90 Å². The summed E-state index contributed by atoms with van der Waals surface area (Å²) >= 11 is 0. The zero-order valence-corrected chi connectivity index (χ0v) is 19.5. The molecule has 1 N–H and O–H groups in total. The highest BCUT2D eigenvalue weighted by Crippen LogP contribution is 2.36. The molecule has 0 spiro atoms. The standard InChI is InChI=1S/C23H35NO8/c1-15(2)20-23(4,5)32-22(28)24(20)21(27)16(3)19-18(26)9-8-17(31-19)7-6-11-29-13-14-30-12-10-25/h7-9,15-16,19-20,25H,6,10-14H2,1-5H3. The minimum absolute atomic E-state index is 0.0139. The van der Waals surface area contributed by atoms with E-state index in [1.165, 1.54) is 6.08 Å². The Morgan fingerprint density at radius 2 is 1.81 bits per heavy atom. The quantitative estimate of drug-likeness (QED) is 0.474. The summed E-state index contributed by atoms with van der Waals surface area (Å²) < 4.78 is 21.8. The number of aliphatic hydroxyl groups is 1. The zero-order valence-electron chi connectivity index (χ0n) is 19.5. The summed E-state index contributed by atoms with van der Waals surface area (Å²) in [7, 11) is 0. The molecule has 32 heavy (non-hydrogen) atoms. The Kier molecular flexibility index (Phi) is 9.42. The third-order valence-electron chi connectivity index (χ3n) is 5.42. The second-order valence-corrected chi connectivity index (χ2v) is 8.77. The Labute approximate surface area is 189 Å². The molecular formula is C23H35NO8. The molecule has 2 aliphatic rings. The molecule has 2 aliphatic heterocycles. The van der Waals surface area contributed by atoms with Gasteiger partial charge in [0.2, 0.25) is 5.91 Å². The Balaban J connectivity index is 1.97. The van der Waals surface area contributed by atoms with Crippen molar-refractivity contribution in [2.75, 3.05) is 33.0 Å². The summed E-state index contributed by atoms with van der Waals surface area (Å²) in [5.74, 6) is -1.22. The van der Waals surface area contributed by atoms with E-state index in [0.717, 1.165) is 4.90 Å². The van der Waals surface area contributed by atoms with E-state index in [-0.39, 0.29) is 24.9 Å². The van der Waals surface area contributed by atoms with Gasteiger partial charge < -0.3 is 24.1 Å². The predicted octanol–water partition coefficient (Wildman–Crippen LogP) is 2.23. The maximum absolute atomic E-state index is 13.2. The molecule has 2 amide bonds. The largest absolute Gasteiger partial charge is 0.482 e. The summed E-state index contributed by atoms with van der Waals surface area (Å²) in [6.45, 7) is 10.5. The number of ether oxygens (including phenoxy) is 4. The summed E-state index contributed by atoms with van der Waals surface area (Å²) in [4.78, 5) is 39.3. The van der Waals surface area contributed by atoms with Crippen molar-refractivity contribution in [3.8, 4) is 0 Å². The van der Waals surface area contributed by atoms with Crippen LogP contribution in [0, 0.1) is 11.8 Å². The van der Waals surface area contributed by atoms with Gasteiger partial charge in [0, 0.05) is 0 Å². The molecule has 180 valence electrons. The smallest absolute Gasteiger partial charge is 0.417 e. The second kappa shape index (κ2) is 11.6. The third-order valence-corrected chi connectivity index (χ3v) is 5.42. The predicted molar refractivity (Wildman–Crippen MR) is 116 cm³/mol. The van der Waals surface area contributed by atoms with E-state index < -0.39 is 35.7 Å². The molecule has 2 rings (SSSR count). The minimum Gasteiger partial charge on any atom is -0.482 e. The number of carbonyl (C=O) groups excluding carboxylic acids is 3. The zero-order chi connectivity index (χ0) is 23.9. The lowest BCUT2D eigenvalue weighted by Crippen LogP contribution is -2.52. The lowest BCUT2D eigenvalue weighted by atomic mass is 9.87. The highest BCUT2D eigenvalue weighted by molar-refractivity contribution is 6.02. The lowest BCUT2D eigenvalue weighted by Gasteiger charge is -2.33. The van der Waals surface area contributed by atoms with Crippen LogP contribution in [0.25, 0.3) is 0 Å². The van der Waals surface area contributed by atoms with Crippen molar-refractivity contribution in [3.63, 3.8) is 0 Å². The van der Waals surface area contributed by atoms with Crippen molar-refractivity contribution in [3.05, 3.63) is 24.0 Å². The van der Waals surface area contributed by atoms with Gasteiger partial charge in [-0.1, -0.05) is 13.8 Å². The molecular weight excluding hydrogens is 418 g/mol. The van der Waals surface area contributed by atoms with Gasteiger partial charge in [-0.05, 0) is 51.3 Å². The monoisotopic (exact) mass is 453 g/mol. The minimum atomic E-state index is -1.02. The van der Waals surface area contributed by atoms with Crippen LogP contribution >= 0.6 is 0 Å². The normalized spacial score (nSPS) is 24.7. The fourth-order valence-electron chi connectivity index (χ4n) is 4.07. The first-order valence-corrected chi connectivity index (χ1v) is 11.0. The first-order chi connectivity index (χ1) is 15.1. The number of cyclic esters (lactones) is 1. The molecule has 3 atom stereocenters. The van der Waals surface area contributed by atoms with Crippen LogP contribution in [0.5, 0.6) is 0 Å².